The van der Waals surface area contributed by atoms with Gasteiger partial charge in [0, 0.05) is 6.04 Å². The normalized spacial score (nSPS) is 17.5. The first kappa shape index (κ1) is 21.0. The molecule has 0 spiro atoms. The quantitative estimate of drug-likeness (QED) is 0.567. The summed E-state index contributed by atoms with van der Waals surface area (Å²) in [6.45, 7) is 16.0. The Labute approximate surface area is 122 Å². The van der Waals surface area contributed by atoms with E-state index in [1.165, 1.54) is 57.3 Å². The molecule has 2 heteroatoms. The van der Waals surface area contributed by atoms with Gasteiger partial charge in [-0.05, 0) is 66.1 Å². The smallest absolute Gasteiger partial charge is 0.00791 e. The number of hydrogen-bond acceptors (Lipinski definition) is 2. The molecule has 0 aromatic heterocycles. The molecule has 19 heavy (non-hydrogen) atoms. The largest absolute Gasteiger partial charge is 0.317 e. The van der Waals surface area contributed by atoms with Crippen LogP contribution in [0.2, 0.25) is 0 Å². The predicted octanol–water partition coefficient (Wildman–Crippen LogP) is 4.52. The van der Waals surface area contributed by atoms with E-state index in [4.69, 9.17) is 0 Å². The van der Waals surface area contributed by atoms with Gasteiger partial charge in [-0.3, -0.25) is 0 Å². The Bertz CT molecular complexity index is 178. The summed E-state index contributed by atoms with van der Waals surface area (Å²) in [6, 6.07) is 0.795. The molecule has 1 atom stereocenters. The molecule has 0 bridgehead atoms. The third-order valence-electron chi connectivity index (χ3n) is 3.09. The predicted molar refractivity (Wildman–Crippen MR) is 89.9 cm³/mol. The molecule has 1 aliphatic heterocycles. The van der Waals surface area contributed by atoms with Crippen LogP contribution in [0.1, 0.15) is 73.6 Å². The first-order valence-electron chi connectivity index (χ1n) is 8.24. The zero-order valence-electron chi connectivity index (χ0n) is 14.3. The van der Waals surface area contributed by atoms with Gasteiger partial charge < -0.3 is 10.6 Å². The molecule has 1 fully saturated rings. The van der Waals surface area contributed by atoms with Crippen molar-refractivity contribution in [3.63, 3.8) is 0 Å². The Balaban J connectivity index is 0. The molecule has 2 nitrogen and oxygen atoms in total. The van der Waals surface area contributed by atoms with Gasteiger partial charge in [0.05, 0.1) is 0 Å². The average molecular weight is 271 g/mol. The number of rotatable bonds is 5. The number of nitrogens with one attached hydrogen (secondary N) is 2. The summed E-state index contributed by atoms with van der Waals surface area (Å²) in [4.78, 5) is 0. The van der Waals surface area contributed by atoms with Crippen molar-refractivity contribution in [3.05, 3.63) is 11.6 Å². The van der Waals surface area contributed by atoms with Crippen LogP contribution in [0.3, 0.4) is 0 Å². The lowest BCUT2D eigenvalue weighted by molar-refractivity contribution is 0.376. The molecule has 1 heterocycles. The van der Waals surface area contributed by atoms with E-state index in [1.54, 1.807) is 0 Å². The lowest BCUT2D eigenvalue weighted by Gasteiger charge is -2.23. The van der Waals surface area contributed by atoms with Crippen LogP contribution in [-0.4, -0.2) is 25.7 Å². The molecule has 2 N–H and O–H groups in total. The SMILES string of the molecule is CC.CC=C(C)C.CCCNCCC1CCCCN1. The monoisotopic (exact) mass is 270 g/mol. The number of hydrogen-bond donors (Lipinski definition) is 2. The Morgan fingerprint density at radius 1 is 1.21 bits per heavy atom. The van der Waals surface area contributed by atoms with Gasteiger partial charge in [-0.25, -0.2) is 0 Å². The molecule has 0 saturated carbocycles. The van der Waals surface area contributed by atoms with E-state index >= 15 is 0 Å². The summed E-state index contributed by atoms with van der Waals surface area (Å²) >= 11 is 0. The van der Waals surface area contributed by atoms with E-state index in [1.807, 2.05) is 20.8 Å². The fourth-order valence-electron chi connectivity index (χ4n) is 1.75. The van der Waals surface area contributed by atoms with E-state index in [9.17, 15) is 0 Å². The molecular weight excluding hydrogens is 232 g/mol. The van der Waals surface area contributed by atoms with Gasteiger partial charge in [0.2, 0.25) is 0 Å². The summed E-state index contributed by atoms with van der Waals surface area (Å²) in [5, 5.41) is 7.00. The van der Waals surface area contributed by atoms with Gasteiger partial charge in [-0.15, -0.1) is 0 Å². The molecule has 1 rings (SSSR count). The first-order chi connectivity index (χ1) is 9.20. The first-order valence-corrected chi connectivity index (χ1v) is 8.24. The topological polar surface area (TPSA) is 24.1 Å². The van der Waals surface area contributed by atoms with Gasteiger partial charge in [0.15, 0.2) is 0 Å². The molecule has 1 saturated heterocycles. The minimum Gasteiger partial charge on any atom is -0.317 e. The van der Waals surface area contributed by atoms with Crippen LogP contribution in [0.4, 0.5) is 0 Å². The van der Waals surface area contributed by atoms with Crippen molar-refractivity contribution in [1.82, 2.24) is 10.6 Å². The van der Waals surface area contributed by atoms with Crippen LogP contribution in [-0.2, 0) is 0 Å². The van der Waals surface area contributed by atoms with Crippen LogP contribution in [0.15, 0.2) is 11.6 Å². The zero-order valence-corrected chi connectivity index (χ0v) is 14.3. The zero-order chi connectivity index (χ0) is 14.9. The maximum Gasteiger partial charge on any atom is 0.00791 e. The fraction of sp³-hybridized carbons (Fsp3) is 0.882. The van der Waals surface area contributed by atoms with E-state index in [2.05, 4.69) is 37.5 Å². The van der Waals surface area contributed by atoms with E-state index in [0.717, 1.165) is 6.04 Å². The van der Waals surface area contributed by atoms with Crippen LogP contribution in [0.25, 0.3) is 0 Å². The van der Waals surface area contributed by atoms with Crippen molar-refractivity contribution >= 4 is 0 Å². The lowest BCUT2D eigenvalue weighted by atomic mass is 10.0. The van der Waals surface area contributed by atoms with Crippen LogP contribution in [0.5, 0.6) is 0 Å². The standard InChI is InChI=1S/C10H22N2.C5H10.C2H6/c1-2-7-11-9-6-10-5-3-4-8-12-10;1-4-5(2)3;1-2/h10-12H,2-9H2,1H3;4H,1-3H3;1-2H3. The number of piperidine rings is 1. The highest BCUT2D eigenvalue weighted by atomic mass is 14.9. The highest BCUT2D eigenvalue weighted by Gasteiger charge is 2.10. The molecule has 116 valence electrons. The van der Waals surface area contributed by atoms with Crippen LogP contribution < -0.4 is 10.6 Å². The molecule has 1 unspecified atom stereocenters. The van der Waals surface area contributed by atoms with Crippen molar-refractivity contribution < 1.29 is 0 Å². The number of allylic oxidation sites excluding steroid dienone is 2. The average Bonchev–Trinajstić information content (AvgIpc) is 2.47. The Hall–Kier alpha value is -0.340. The lowest BCUT2D eigenvalue weighted by Crippen LogP contribution is -2.36. The van der Waals surface area contributed by atoms with E-state index in [0.29, 0.717) is 0 Å². The summed E-state index contributed by atoms with van der Waals surface area (Å²) in [6.07, 6.45) is 8.82. The van der Waals surface area contributed by atoms with Crippen molar-refractivity contribution in [3.8, 4) is 0 Å². The van der Waals surface area contributed by atoms with Crippen molar-refractivity contribution in [2.45, 2.75) is 79.7 Å². The summed E-state index contributed by atoms with van der Waals surface area (Å²) in [5.41, 5.74) is 1.38. The third kappa shape index (κ3) is 17.7. The second kappa shape index (κ2) is 17.7. The molecule has 0 aromatic carbocycles. The Kier molecular flexibility index (Phi) is 19.5. The van der Waals surface area contributed by atoms with Gasteiger partial charge in [0.25, 0.3) is 0 Å². The second-order valence-electron chi connectivity index (χ2n) is 5.05. The molecule has 0 aromatic rings. The highest BCUT2D eigenvalue weighted by Crippen LogP contribution is 2.08. The highest BCUT2D eigenvalue weighted by molar-refractivity contribution is 4.88. The van der Waals surface area contributed by atoms with Crippen molar-refractivity contribution in [2.24, 2.45) is 0 Å². The minimum absolute atomic E-state index is 0.795. The van der Waals surface area contributed by atoms with Crippen LogP contribution >= 0.6 is 0 Å². The summed E-state index contributed by atoms with van der Waals surface area (Å²) in [5.74, 6) is 0. The summed E-state index contributed by atoms with van der Waals surface area (Å²) < 4.78 is 0. The van der Waals surface area contributed by atoms with Gasteiger partial charge in [-0.1, -0.05) is 38.8 Å². The third-order valence-corrected chi connectivity index (χ3v) is 3.09. The maximum atomic E-state index is 3.56. The van der Waals surface area contributed by atoms with Gasteiger partial charge in [-0.2, -0.15) is 0 Å². The van der Waals surface area contributed by atoms with E-state index < -0.39 is 0 Å². The maximum absolute atomic E-state index is 3.56. The van der Waals surface area contributed by atoms with Crippen LogP contribution in [0, 0.1) is 0 Å². The minimum atomic E-state index is 0.795. The summed E-state index contributed by atoms with van der Waals surface area (Å²) in [7, 11) is 0. The molecule has 1 aliphatic rings. The fourth-order valence-corrected chi connectivity index (χ4v) is 1.75. The van der Waals surface area contributed by atoms with Gasteiger partial charge >= 0.3 is 0 Å². The van der Waals surface area contributed by atoms with Crippen molar-refractivity contribution in [1.29, 1.82) is 0 Å². The molecular formula is C17H38N2. The Morgan fingerprint density at radius 2 is 1.84 bits per heavy atom. The van der Waals surface area contributed by atoms with Gasteiger partial charge in [0.1, 0.15) is 0 Å². The van der Waals surface area contributed by atoms with Crippen molar-refractivity contribution in [2.75, 3.05) is 19.6 Å². The molecule has 0 aliphatic carbocycles. The molecule has 0 radical (unpaired) electrons. The second-order valence-corrected chi connectivity index (χ2v) is 5.05. The molecule has 0 amide bonds. The van der Waals surface area contributed by atoms with E-state index in [-0.39, 0.29) is 0 Å². The Morgan fingerprint density at radius 3 is 2.26 bits per heavy atom.